The van der Waals surface area contributed by atoms with Gasteiger partial charge in [-0.1, -0.05) is 65.7 Å². The predicted molar refractivity (Wildman–Crippen MR) is 101 cm³/mol. The van der Waals surface area contributed by atoms with Gasteiger partial charge in [-0.2, -0.15) is 0 Å². The maximum absolute atomic E-state index is 10.8. The summed E-state index contributed by atoms with van der Waals surface area (Å²) in [7, 11) is 0. The van der Waals surface area contributed by atoms with Gasteiger partial charge in [-0.15, -0.1) is 0 Å². The molecule has 0 aromatic carbocycles. The molecule has 1 fully saturated rings. The summed E-state index contributed by atoms with van der Waals surface area (Å²) in [4.78, 5) is 0.110. The van der Waals surface area contributed by atoms with Crippen LogP contribution in [0.25, 0.3) is 0 Å². The van der Waals surface area contributed by atoms with Gasteiger partial charge in [0, 0.05) is 10.7 Å². The van der Waals surface area contributed by atoms with E-state index < -0.39 is 11.7 Å². The molecule has 2 aliphatic rings. The Bertz CT molecular complexity index is 516. The van der Waals surface area contributed by atoms with Gasteiger partial charge in [-0.25, -0.2) is 0 Å². The Morgan fingerprint density at radius 3 is 2.65 bits per heavy atom. The number of hydrogen-bond donors (Lipinski definition) is 2. The fraction of sp³-hybridized carbons (Fsp3) is 0.700. The van der Waals surface area contributed by atoms with Crippen LogP contribution < -0.4 is 0 Å². The van der Waals surface area contributed by atoms with Gasteiger partial charge >= 0.3 is 0 Å². The molecule has 0 aromatic heterocycles. The largest absolute Gasteiger partial charge is 0.389 e. The van der Waals surface area contributed by atoms with E-state index in [1.807, 2.05) is 13.0 Å². The first-order valence-electron chi connectivity index (χ1n) is 8.63. The molecule has 2 nitrogen and oxygen atoms in total. The van der Waals surface area contributed by atoms with Crippen molar-refractivity contribution < 1.29 is 10.2 Å². The Morgan fingerprint density at radius 2 is 2.09 bits per heavy atom. The van der Waals surface area contributed by atoms with E-state index in [-0.39, 0.29) is 16.2 Å². The molecule has 0 radical (unpaired) electrons. The lowest BCUT2D eigenvalue weighted by molar-refractivity contribution is 0.0212. The van der Waals surface area contributed by atoms with Crippen LogP contribution in [0.5, 0.6) is 0 Å². The average molecular weight is 383 g/mol. The van der Waals surface area contributed by atoms with Crippen LogP contribution >= 0.6 is 15.9 Å². The van der Waals surface area contributed by atoms with Crippen molar-refractivity contribution in [2.45, 2.75) is 69.9 Å². The van der Waals surface area contributed by atoms with E-state index in [4.69, 9.17) is 0 Å². The van der Waals surface area contributed by atoms with Crippen molar-refractivity contribution in [3.8, 4) is 0 Å². The highest BCUT2D eigenvalue weighted by Gasteiger charge is 2.39. The molecule has 0 spiro atoms. The van der Waals surface area contributed by atoms with Crippen molar-refractivity contribution >= 4 is 15.9 Å². The molecule has 0 aliphatic heterocycles. The van der Waals surface area contributed by atoms with Gasteiger partial charge in [-0.05, 0) is 50.9 Å². The number of hydrogen-bond acceptors (Lipinski definition) is 2. The zero-order valence-corrected chi connectivity index (χ0v) is 16.4. The highest BCUT2D eigenvalue weighted by Crippen LogP contribution is 2.43. The van der Waals surface area contributed by atoms with Crippen LogP contribution in [0.15, 0.2) is 36.0 Å². The molecule has 2 rings (SSSR count). The number of alkyl halides is 1. The minimum Gasteiger partial charge on any atom is -0.389 e. The fourth-order valence-corrected chi connectivity index (χ4v) is 4.79. The monoisotopic (exact) mass is 382 g/mol. The third kappa shape index (κ3) is 4.18. The molecule has 1 saturated carbocycles. The van der Waals surface area contributed by atoms with E-state index in [2.05, 4.69) is 55.4 Å². The van der Waals surface area contributed by atoms with Gasteiger partial charge in [0.1, 0.15) is 0 Å². The quantitative estimate of drug-likeness (QED) is 0.545. The molecule has 0 aromatic rings. The van der Waals surface area contributed by atoms with Crippen LogP contribution in [-0.2, 0) is 0 Å². The summed E-state index contributed by atoms with van der Waals surface area (Å²) >= 11 is 3.63. The van der Waals surface area contributed by atoms with Crippen molar-refractivity contribution in [3.05, 3.63) is 36.0 Å². The summed E-state index contributed by atoms with van der Waals surface area (Å²) in [6, 6.07) is 0. The Balaban J connectivity index is 2.11. The Hall–Kier alpha value is -0.380. The summed E-state index contributed by atoms with van der Waals surface area (Å²) in [5, 5.41) is 21.1. The third-order valence-corrected chi connectivity index (χ3v) is 7.11. The van der Waals surface area contributed by atoms with E-state index in [1.165, 1.54) is 5.57 Å². The van der Waals surface area contributed by atoms with Gasteiger partial charge < -0.3 is 10.2 Å². The maximum Gasteiger partial charge on any atom is 0.0796 e. The van der Waals surface area contributed by atoms with Gasteiger partial charge in [0.15, 0.2) is 0 Å². The van der Waals surface area contributed by atoms with Gasteiger partial charge in [0.25, 0.3) is 0 Å². The molecule has 2 aliphatic carbocycles. The van der Waals surface area contributed by atoms with Gasteiger partial charge in [0.2, 0.25) is 0 Å². The number of halogens is 1. The molecule has 3 unspecified atom stereocenters. The lowest BCUT2D eigenvalue weighted by Gasteiger charge is -2.40. The Labute approximate surface area is 149 Å². The average Bonchev–Trinajstić information content (AvgIpc) is 2.40. The molecule has 3 heteroatoms. The number of aliphatic hydroxyl groups excluding tert-OH is 1. The van der Waals surface area contributed by atoms with Gasteiger partial charge in [0.05, 0.1) is 11.7 Å². The number of allylic oxidation sites excluding steroid dienone is 3. The summed E-state index contributed by atoms with van der Waals surface area (Å²) in [5.74, 6) is 0.485. The van der Waals surface area contributed by atoms with E-state index >= 15 is 0 Å². The second kappa shape index (κ2) is 6.85. The first-order valence-corrected chi connectivity index (χ1v) is 9.54. The van der Waals surface area contributed by atoms with Crippen LogP contribution in [-0.4, -0.2) is 26.7 Å². The lowest BCUT2D eigenvalue weighted by atomic mass is 9.67. The van der Waals surface area contributed by atoms with Crippen molar-refractivity contribution in [1.29, 1.82) is 0 Å². The first kappa shape index (κ1) is 19.0. The topological polar surface area (TPSA) is 40.5 Å². The van der Waals surface area contributed by atoms with Crippen LogP contribution in [0.3, 0.4) is 0 Å². The highest BCUT2D eigenvalue weighted by atomic mass is 79.9. The highest BCUT2D eigenvalue weighted by molar-refractivity contribution is 9.09. The normalized spacial score (nSPS) is 39.3. The van der Waals surface area contributed by atoms with Crippen LogP contribution in [0.2, 0.25) is 0 Å². The van der Waals surface area contributed by atoms with E-state index in [9.17, 15) is 10.2 Å². The Kier molecular flexibility index (Phi) is 5.65. The second-order valence-corrected chi connectivity index (χ2v) is 9.37. The molecule has 130 valence electrons. The van der Waals surface area contributed by atoms with Crippen molar-refractivity contribution in [2.75, 3.05) is 0 Å². The van der Waals surface area contributed by atoms with Crippen LogP contribution in [0.4, 0.5) is 0 Å². The second-order valence-electron chi connectivity index (χ2n) is 8.26. The minimum atomic E-state index is -0.625. The summed E-state index contributed by atoms with van der Waals surface area (Å²) < 4.78 is 0. The molecule has 0 bridgehead atoms. The van der Waals surface area contributed by atoms with E-state index in [1.54, 1.807) is 0 Å². The lowest BCUT2D eigenvalue weighted by Crippen LogP contribution is -2.41. The van der Waals surface area contributed by atoms with E-state index in [0.717, 1.165) is 31.3 Å². The van der Waals surface area contributed by atoms with Crippen molar-refractivity contribution in [2.24, 2.45) is 17.3 Å². The van der Waals surface area contributed by atoms with Crippen LogP contribution in [0, 0.1) is 17.3 Å². The van der Waals surface area contributed by atoms with Crippen molar-refractivity contribution in [3.63, 3.8) is 0 Å². The molecule has 0 heterocycles. The molecular weight excluding hydrogens is 352 g/mol. The fourth-order valence-electron chi connectivity index (χ4n) is 4.11. The predicted octanol–water partition coefficient (Wildman–Crippen LogP) is 4.77. The molecular formula is C20H31BrO2. The first-order chi connectivity index (χ1) is 10.5. The van der Waals surface area contributed by atoms with E-state index in [0.29, 0.717) is 5.92 Å². The SMILES string of the molecule is C=C1CC=CC(C)(C)C1[C@H](O)/C=C(\C)C1CC[C@@](C)(O)C(Br)C1. The Morgan fingerprint density at radius 1 is 1.43 bits per heavy atom. The number of rotatable bonds is 3. The minimum absolute atomic E-state index is 0.0638. The zero-order chi connectivity index (χ0) is 17.4. The maximum atomic E-state index is 10.8. The molecule has 5 atom stereocenters. The smallest absolute Gasteiger partial charge is 0.0796 e. The van der Waals surface area contributed by atoms with Crippen molar-refractivity contribution in [1.82, 2.24) is 0 Å². The third-order valence-electron chi connectivity index (χ3n) is 5.75. The summed E-state index contributed by atoms with van der Waals surface area (Å²) in [6.07, 6.45) is 9.41. The zero-order valence-electron chi connectivity index (χ0n) is 14.8. The molecule has 0 saturated heterocycles. The number of aliphatic hydroxyl groups is 2. The van der Waals surface area contributed by atoms with Gasteiger partial charge in [-0.3, -0.25) is 0 Å². The van der Waals surface area contributed by atoms with Crippen LogP contribution in [0.1, 0.15) is 53.4 Å². The summed E-state index contributed by atoms with van der Waals surface area (Å²) in [5.41, 5.74) is 1.65. The molecule has 23 heavy (non-hydrogen) atoms. The molecule has 2 N–H and O–H groups in total. The standard InChI is InChI=1S/C20H31BrO2/c1-13-7-6-9-19(3,4)18(13)16(22)11-14(2)15-8-10-20(5,23)17(21)12-15/h6,9,11,15-18,22-23H,1,7-8,10,12H2,2-5H3/b14-11+/t15?,16-,17?,18?,20-/m1/s1. The molecule has 0 amide bonds. The summed E-state index contributed by atoms with van der Waals surface area (Å²) in [6.45, 7) is 12.5.